The number of hydrogen-bond donors (Lipinski definition) is 2. The van der Waals surface area contributed by atoms with Crippen LogP contribution in [0.2, 0.25) is 0 Å². The van der Waals surface area contributed by atoms with Crippen LogP contribution in [-0.2, 0) is 9.53 Å². The van der Waals surface area contributed by atoms with Gasteiger partial charge in [0, 0.05) is 18.4 Å². The molecule has 0 bridgehead atoms. The summed E-state index contributed by atoms with van der Waals surface area (Å²) in [7, 11) is 0. The van der Waals surface area contributed by atoms with Crippen LogP contribution in [0.15, 0.2) is 48.5 Å². The second kappa shape index (κ2) is 8.26. The molecule has 1 heterocycles. The van der Waals surface area contributed by atoms with Crippen LogP contribution in [0.1, 0.15) is 61.0 Å². The fourth-order valence-electron chi connectivity index (χ4n) is 4.42. The summed E-state index contributed by atoms with van der Waals surface area (Å²) in [5.41, 5.74) is 3.75. The van der Waals surface area contributed by atoms with Crippen molar-refractivity contribution in [3.63, 3.8) is 0 Å². The molecule has 3 N–H and O–H groups in total. The van der Waals surface area contributed by atoms with E-state index in [1.165, 1.54) is 30.0 Å². The van der Waals surface area contributed by atoms with Gasteiger partial charge in [0.1, 0.15) is 17.0 Å². The number of carbonyl (C=O) groups is 3. The second-order valence-electron chi connectivity index (χ2n) is 9.11. The van der Waals surface area contributed by atoms with Crippen molar-refractivity contribution in [2.75, 3.05) is 6.54 Å². The topological polar surface area (TPSA) is 110 Å². The summed E-state index contributed by atoms with van der Waals surface area (Å²) < 4.78 is 20.8. The lowest BCUT2D eigenvalue weighted by Crippen LogP contribution is -2.57. The van der Waals surface area contributed by atoms with Crippen molar-refractivity contribution in [3.8, 4) is 0 Å². The molecule has 3 rings (SSSR count). The fraction of sp³-hybridized carbons (Fsp3) is 0.375. The molecule has 2 aromatic carbocycles. The van der Waals surface area contributed by atoms with Crippen molar-refractivity contribution in [2.45, 2.75) is 50.7 Å². The smallest absolute Gasteiger partial charge is 0.411 e. The maximum atomic E-state index is 15.3. The average molecular weight is 442 g/mol. The predicted octanol–water partition coefficient (Wildman–Crippen LogP) is 3.89. The minimum Gasteiger partial charge on any atom is -0.478 e. The molecule has 2 amide bonds. The third-order valence-electron chi connectivity index (χ3n) is 5.88. The van der Waals surface area contributed by atoms with Gasteiger partial charge in [-0.25, -0.2) is 14.0 Å². The van der Waals surface area contributed by atoms with Gasteiger partial charge < -0.3 is 15.6 Å². The number of hydrogen-bond acceptors (Lipinski definition) is 4. The molecule has 0 spiro atoms. The van der Waals surface area contributed by atoms with Gasteiger partial charge in [0.15, 0.2) is 0 Å². The van der Waals surface area contributed by atoms with Crippen molar-refractivity contribution in [1.82, 2.24) is 4.90 Å². The highest BCUT2D eigenvalue weighted by molar-refractivity contribution is 5.91. The number of amides is 2. The van der Waals surface area contributed by atoms with Crippen molar-refractivity contribution in [1.29, 1.82) is 0 Å². The van der Waals surface area contributed by atoms with Crippen LogP contribution in [0.5, 0.6) is 0 Å². The van der Waals surface area contributed by atoms with Gasteiger partial charge in [-0.2, -0.15) is 0 Å². The Kier molecular flexibility index (Phi) is 6.00. The van der Waals surface area contributed by atoms with Crippen LogP contribution in [0.4, 0.5) is 9.18 Å². The first-order chi connectivity index (χ1) is 14.9. The number of aromatic carboxylic acids is 1. The Labute approximate surface area is 186 Å². The van der Waals surface area contributed by atoms with E-state index in [1.807, 2.05) is 0 Å². The number of ether oxygens (including phenoxy) is 1. The van der Waals surface area contributed by atoms with E-state index in [4.69, 9.17) is 10.5 Å². The molecule has 0 radical (unpaired) electrons. The van der Waals surface area contributed by atoms with Crippen molar-refractivity contribution >= 4 is 18.0 Å². The number of nitrogens with two attached hydrogens (primary N) is 1. The minimum atomic E-state index is -1.54. The summed E-state index contributed by atoms with van der Waals surface area (Å²) in [6.45, 7) is 6.56. The number of carbonyl (C=O) groups excluding carboxylic acids is 2. The van der Waals surface area contributed by atoms with Gasteiger partial charge >= 0.3 is 12.1 Å². The van der Waals surface area contributed by atoms with Gasteiger partial charge in [-0.3, -0.25) is 9.69 Å². The van der Waals surface area contributed by atoms with Gasteiger partial charge in [0.25, 0.3) is 0 Å². The first kappa shape index (κ1) is 23.2. The molecule has 1 aliphatic rings. The standard InChI is InChI=1S/C24H27FN2O5/c1-23(2,3)32-22(31)27-13-17(15-11-8-12-16(19(15)25)20(28)29)18(24(27,4)21(26)30)14-9-6-5-7-10-14/h5-12,17-18H,13H2,1-4H3,(H2,26,30)(H,28,29)/t17?,18-,24+/m1/s1. The molecule has 1 saturated heterocycles. The zero-order valence-electron chi connectivity index (χ0n) is 18.5. The lowest BCUT2D eigenvalue weighted by atomic mass is 9.73. The van der Waals surface area contributed by atoms with Gasteiger partial charge in [-0.05, 0) is 44.9 Å². The quantitative estimate of drug-likeness (QED) is 0.747. The molecule has 170 valence electrons. The first-order valence-electron chi connectivity index (χ1n) is 10.2. The van der Waals surface area contributed by atoms with E-state index in [-0.39, 0.29) is 12.1 Å². The molecule has 0 aromatic heterocycles. The SMILES string of the molecule is CC(C)(C)OC(=O)N1CC(c2cccc(C(=O)O)c2F)[C@@H](c2ccccc2)[C@@]1(C)C(N)=O. The third-order valence-corrected chi connectivity index (χ3v) is 5.88. The maximum absolute atomic E-state index is 15.3. The number of carboxylic acids is 1. The Morgan fingerprint density at radius 2 is 1.75 bits per heavy atom. The monoisotopic (exact) mass is 442 g/mol. The Morgan fingerprint density at radius 3 is 2.28 bits per heavy atom. The van der Waals surface area contributed by atoms with Gasteiger partial charge in [-0.1, -0.05) is 42.5 Å². The van der Waals surface area contributed by atoms with Crippen molar-refractivity contribution in [2.24, 2.45) is 5.73 Å². The summed E-state index contributed by atoms with van der Waals surface area (Å²) in [6.07, 6.45) is -0.753. The van der Waals surface area contributed by atoms with Crippen LogP contribution in [-0.4, -0.2) is 45.7 Å². The molecule has 2 aromatic rings. The van der Waals surface area contributed by atoms with Crippen LogP contribution in [0, 0.1) is 5.82 Å². The number of primary amides is 1. The number of benzene rings is 2. The minimum absolute atomic E-state index is 0.0755. The number of halogens is 1. The molecular formula is C24H27FN2O5. The summed E-state index contributed by atoms with van der Waals surface area (Å²) in [5, 5.41) is 9.38. The number of rotatable bonds is 4. The summed E-state index contributed by atoms with van der Waals surface area (Å²) in [6, 6.07) is 13.0. The van der Waals surface area contributed by atoms with Gasteiger partial charge in [0.05, 0.1) is 5.56 Å². The lowest BCUT2D eigenvalue weighted by molar-refractivity contribution is -0.128. The molecular weight excluding hydrogens is 415 g/mol. The van der Waals surface area contributed by atoms with E-state index >= 15 is 4.39 Å². The molecule has 8 heteroatoms. The molecule has 32 heavy (non-hydrogen) atoms. The molecule has 3 atom stereocenters. The lowest BCUT2D eigenvalue weighted by Gasteiger charge is -2.37. The molecule has 7 nitrogen and oxygen atoms in total. The Hall–Kier alpha value is -3.42. The number of nitrogens with zero attached hydrogens (tertiary/aromatic N) is 1. The Balaban J connectivity index is 2.22. The average Bonchev–Trinajstić information content (AvgIpc) is 3.02. The highest BCUT2D eigenvalue weighted by Gasteiger charge is 2.58. The summed E-state index contributed by atoms with van der Waals surface area (Å²) >= 11 is 0. The first-order valence-corrected chi connectivity index (χ1v) is 10.2. The van der Waals surface area contributed by atoms with E-state index in [9.17, 15) is 19.5 Å². The van der Waals surface area contributed by atoms with Gasteiger partial charge in [-0.15, -0.1) is 0 Å². The van der Waals surface area contributed by atoms with Gasteiger partial charge in [0.2, 0.25) is 5.91 Å². The number of likely N-dealkylation sites (tertiary alicyclic amines) is 1. The molecule has 1 aliphatic heterocycles. The largest absolute Gasteiger partial charge is 0.478 e. The van der Waals surface area contributed by atoms with Crippen molar-refractivity contribution < 1.29 is 28.6 Å². The highest BCUT2D eigenvalue weighted by atomic mass is 19.1. The fourth-order valence-corrected chi connectivity index (χ4v) is 4.42. The van der Waals surface area contributed by atoms with Crippen LogP contribution < -0.4 is 5.73 Å². The molecule has 1 fully saturated rings. The summed E-state index contributed by atoms with van der Waals surface area (Å²) in [4.78, 5) is 38.7. The van der Waals surface area contributed by atoms with E-state index in [2.05, 4.69) is 0 Å². The zero-order chi connectivity index (χ0) is 23.8. The van der Waals surface area contributed by atoms with Crippen LogP contribution in [0.3, 0.4) is 0 Å². The third kappa shape index (κ3) is 4.04. The normalized spacial score (nSPS) is 23.1. The van der Waals surface area contributed by atoms with E-state index < -0.39 is 52.3 Å². The van der Waals surface area contributed by atoms with E-state index in [0.29, 0.717) is 5.56 Å². The van der Waals surface area contributed by atoms with Crippen LogP contribution in [0.25, 0.3) is 0 Å². The zero-order valence-corrected chi connectivity index (χ0v) is 18.5. The second-order valence-corrected chi connectivity index (χ2v) is 9.11. The number of carboxylic acid groups (broad SMARTS) is 1. The molecule has 0 aliphatic carbocycles. The van der Waals surface area contributed by atoms with E-state index in [1.54, 1.807) is 51.1 Å². The Morgan fingerprint density at radius 1 is 1.12 bits per heavy atom. The predicted molar refractivity (Wildman–Crippen MR) is 116 cm³/mol. The highest BCUT2D eigenvalue weighted by Crippen LogP contribution is 2.51. The molecule has 1 unspecified atom stereocenters. The Bertz CT molecular complexity index is 1050. The van der Waals surface area contributed by atoms with Crippen LogP contribution >= 0.6 is 0 Å². The van der Waals surface area contributed by atoms with E-state index in [0.717, 1.165) is 0 Å². The maximum Gasteiger partial charge on any atom is 0.411 e. The van der Waals surface area contributed by atoms with Crippen molar-refractivity contribution in [3.05, 3.63) is 71.0 Å². The summed E-state index contributed by atoms with van der Waals surface area (Å²) in [5.74, 6) is -4.53. The molecule has 0 saturated carbocycles.